The number of halogens is 1. The second kappa shape index (κ2) is 13.7. The summed E-state index contributed by atoms with van der Waals surface area (Å²) in [6.45, 7) is 7.29. The number of aliphatic imine (C=N–C) groups is 1. The molecule has 1 aliphatic rings. The molecule has 1 heterocycles. The smallest absolute Gasteiger partial charge is 0.415 e. The summed E-state index contributed by atoms with van der Waals surface area (Å²) in [5.41, 5.74) is 2.75. The van der Waals surface area contributed by atoms with Crippen LogP contribution in [0.25, 0.3) is 0 Å². The first-order chi connectivity index (χ1) is 16.8. The normalized spacial score (nSPS) is 12.8. The predicted molar refractivity (Wildman–Crippen MR) is 142 cm³/mol. The monoisotopic (exact) mass is 536 g/mol. The number of anilines is 2. The topological polar surface area (TPSA) is 110 Å². The van der Waals surface area contributed by atoms with E-state index in [1.807, 2.05) is 56.0 Å². The highest BCUT2D eigenvalue weighted by Gasteiger charge is 2.28. The van der Waals surface area contributed by atoms with E-state index < -0.39 is 10.8 Å². The summed E-state index contributed by atoms with van der Waals surface area (Å²) < 4.78 is 7.92. The maximum Gasteiger partial charge on any atom is 0.415 e. The highest BCUT2D eigenvalue weighted by Crippen LogP contribution is 2.30. The summed E-state index contributed by atoms with van der Waals surface area (Å²) in [4.78, 5) is 51.3. The van der Waals surface area contributed by atoms with Gasteiger partial charge in [0, 0.05) is 38.7 Å². The number of carbonyl (C=O) groups excluding carboxylic acids is 2. The van der Waals surface area contributed by atoms with Gasteiger partial charge in [-0.2, -0.15) is 0 Å². The van der Waals surface area contributed by atoms with Gasteiger partial charge in [0.25, 0.3) is 0 Å². The summed E-state index contributed by atoms with van der Waals surface area (Å²) in [6.07, 6.45) is 0.00193. The Balaban J connectivity index is 0.00000456. The number of hydrogen-bond acceptors (Lipinski definition) is 10. The fraction of sp³-hybridized carbons (Fsp3) is 0.375. The van der Waals surface area contributed by atoms with E-state index in [-0.39, 0.29) is 25.5 Å². The maximum absolute atomic E-state index is 12.8. The van der Waals surface area contributed by atoms with Crippen LogP contribution in [-0.4, -0.2) is 54.3 Å². The van der Waals surface area contributed by atoms with Crippen LogP contribution in [0.3, 0.4) is 0 Å². The molecule has 0 saturated carbocycles. The summed E-state index contributed by atoms with van der Waals surface area (Å²) >= 11 is 0.924. The number of carbonyl (C=O) groups is 2. The third-order valence-electron chi connectivity index (χ3n) is 5.32. The zero-order valence-corrected chi connectivity index (χ0v) is 21.9. The van der Waals surface area contributed by atoms with E-state index in [1.165, 1.54) is 4.90 Å². The zero-order chi connectivity index (χ0) is 25.3. The van der Waals surface area contributed by atoms with Gasteiger partial charge in [-0.1, -0.05) is 23.8 Å². The molecule has 0 N–H and O–H groups in total. The summed E-state index contributed by atoms with van der Waals surface area (Å²) in [6, 6.07) is 15.0. The van der Waals surface area contributed by atoms with E-state index in [0.717, 1.165) is 28.9 Å². The molecule has 3 rings (SSSR count). The minimum Gasteiger partial charge on any atom is -0.449 e. The van der Waals surface area contributed by atoms with Crippen molar-refractivity contribution < 1.29 is 24.1 Å². The van der Waals surface area contributed by atoms with Crippen molar-refractivity contribution in [2.24, 2.45) is 9.57 Å². The molecule has 1 amide bonds. The van der Waals surface area contributed by atoms with E-state index in [9.17, 15) is 14.5 Å². The maximum atomic E-state index is 12.8. The number of hydrogen-bond donors (Lipinski definition) is 0. The van der Waals surface area contributed by atoms with Crippen LogP contribution >= 0.6 is 24.4 Å². The lowest BCUT2D eigenvalue weighted by Crippen LogP contribution is -2.41. The molecule has 0 bridgehead atoms. The van der Waals surface area contributed by atoms with Crippen LogP contribution < -0.4 is 9.79 Å². The molecule has 10 nitrogen and oxygen atoms in total. The van der Waals surface area contributed by atoms with Crippen molar-refractivity contribution in [1.82, 2.24) is 4.90 Å². The van der Waals surface area contributed by atoms with Crippen molar-refractivity contribution in [3.05, 3.63) is 59.0 Å². The van der Waals surface area contributed by atoms with Crippen molar-refractivity contribution in [3.8, 4) is 5.75 Å². The molecule has 36 heavy (non-hydrogen) atoms. The average molecular weight is 537 g/mol. The number of amidine groups is 1. The van der Waals surface area contributed by atoms with E-state index in [0.29, 0.717) is 37.6 Å². The fourth-order valence-electron chi connectivity index (χ4n) is 3.41. The zero-order valence-electron chi connectivity index (χ0n) is 20.3. The van der Waals surface area contributed by atoms with Crippen molar-refractivity contribution in [3.63, 3.8) is 0 Å². The van der Waals surface area contributed by atoms with Crippen molar-refractivity contribution in [2.45, 2.75) is 31.9 Å². The molecule has 0 radical (unpaired) electrons. The Labute approximate surface area is 220 Å². The molecule has 0 aliphatic carbocycles. The Morgan fingerprint density at radius 1 is 1.22 bits per heavy atom. The standard InChI is InChI=1S/C24H28N4O6S.ClH/c1-18-7-9-19(10-8-18)28(20-5-4-6-21(15-20)34-33-17-29)16-22-25-12-13-27(22)23(30)32-14-11-24(2,3)35-26-31;/h4-10,15,17H,11-14,16H2,1-3H3;1H. The third-order valence-corrected chi connectivity index (χ3v) is 6.09. The van der Waals surface area contributed by atoms with Gasteiger partial charge in [-0.3, -0.25) is 24.5 Å². The number of rotatable bonds is 12. The second-order valence-corrected chi connectivity index (χ2v) is 9.87. The van der Waals surface area contributed by atoms with Crippen LogP contribution in [0.4, 0.5) is 16.2 Å². The number of aryl methyl sites for hydroxylation is 1. The van der Waals surface area contributed by atoms with Gasteiger partial charge in [-0.15, -0.1) is 17.3 Å². The third kappa shape index (κ3) is 8.13. The molecule has 0 unspecified atom stereocenters. The highest BCUT2D eigenvalue weighted by molar-refractivity contribution is 7.99. The van der Waals surface area contributed by atoms with Crippen molar-refractivity contribution >= 4 is 54.1 Å². The molecule has 2 aromatic rings. The van der Waals surface area contributed by atoms with Crippen molar-refractivity contribution in [2.75, 3.05) is 31.1 Å². The van der Waals surface area contributed by atoms with E-state index in [2.05, 4.69) is 14.5 Å². The Kier molecular flexibility index (Phi) is 11.0. The number of nitroso groups, excluding NO2 is 1. The van der Waals surface area contributed by atoms with Gasteiger partial charge < -0.3 is 9.64 Å². The van der Waals surface area contributed by atoms with Crippen LogP contribution in [0.5, 0.6) is 5.75 Å². The number of amides is 1. The molecular weight excluding hydrogens is 508 g/mol. The summed E-state index contributed by atoms with van der Waals surface area (Å²) in [5.74, 6) is 0.913. The first-order valence-corrected chi connectivity index (χ1v) is 11.8. The van der Waals surface area contributed by atoms with E-state index >= 15 is 0 Å². The lowest BCUT2D eigenvalue weighted by atomic mass is 10.1. The van der Waals surface area contributed by atoms with Gasteiger partial charge in [-0.05, 0) is 51.5 Å². The first-order valence-electron chi connectivity index (χ1n) is 11.0. The quantitative estimate of drug-likeness (QED) is 0.116. The lowest BCUT2D eigenvalue weighted by molar-refractivity contribution is -0.196. The number of benzene rings is 2. The van der Waals surface area contributed by atoms with Crippen LogP contribution in [0.2, 0.25) is 0 Å². The fourth-order valence-corrected chi connectivity index (χ4v) is 3.79. The molecule has 0 saturated heterocycles. The minimum absolute atomic E-state index is 0. The molecule has 194 valence electrons. The molecule has 0 atom stereocenters. The molecule has 0 aromatic heterocycles. The number of ether oxygens (including phenoxy) is 1. The Morgan fingerprint density at radius 3 is 2.67 bits per heavy atom. The number of nitrogens with zero attached hydrogens (tertiary/aromatic N) is 4. The molecule has 0 spiro atoms. The Hall–Kier alpha value is -3.31. The molecule has 0 fully saturated rings. The SMILES string of the molecule is Cc1ccc(N(CC2=NCCN2C(=O)OCCC(C)(C)SN=O)c2cccc(OOC=O)c2)cc1.Cl. The van der Waals surface area contributed by atoms with Gasteiger partial charge in [0.1, 0.15) is 5.84 Å². The van der Waals surface area contributed by atoms with E-state index in [1.54, 1.807) is 18.2 Å². The van der Waals surface area contributed by atoms with Gasteiger partial charge in [0.05, 0.1) is 26.2 Å². The average Bonchev–Trinajstić information content (AvgIpc) is 3.30. The largest absolute Gasteiger partial charge is 0.449 e. The minimum atomic E-state index is -0.485. The van der Waals surface area contributed by atoms with Gasteiger partial charge >= 0.3 is 12.6 Å². The van der Waals surface area contributed by atoms with Gasteiger partial charge in [-0.25, -0.2) is 4.79 Å². The second-order valence-electron chi connectivity index (χ2n) is 8.43. The van der Waals surface area contributed by atoms with E-state index in [4.69, 9.17) is 9.62 Å². The molecule has 1 aliphatic heterocycles. The Morgan fingerprint density at radius 2 is 1.97 bits per heavy atom. The molecular formula is C24H29ClN4O6S. The molecule has 12 heteroatoms. The first kappa shape index (κ1) is 28.9. The van der Waals surface area contributed by atoms with Crippen LogP contribution in [0.15, 0.2) is 58.1 Å². The van der Waals surface area contributed by atoms with Crippen LogP contribution in [0.1, 0.15) is 25.8 Å². The van der Waals surface area contributed by atoms with Crippen molar-refractivity contribution in [1.29, 1.82) is 0 Å². The summed E-state index contributed by atoms with van der Waals surface area (Å²) in [7, 11) is 0. The van der Waals surface area contributed by atoms with Gasteiger partial charge in [0.2, 0.25) is 0 Å². The highest BCUT2D eigenvalue weighted by atomic mass is 35.5. The molecule has 2 aromatic carbocycles. The van der Waals surface area contributed by atoms with Crippen LogP contribution in [0, 0.1) is 11.8 Å². The predicted octanol–water partition coefficient (Wildman–Crippen LogP) is 5.46. The lowest BCUT2D eigenvalue weighted by Gasteiger charge is -2.28. The van der Waals surface area contributed by atoms with Gasteiger partial charge in [0.15, 0.2) is 5.75 Å². The summed E-state index contributed by atoms with van der Waals surface area (Å²) in [5, 5.41) is 0. The Bertz CT molecular complexity index is 1070. The van der Waals surface area contributed by atoms with Crippen LogP contribution in [-0.2, 0) is 14.4 Å².